The second-order valence-corrected chi connectivity index (χ2v) is 9.18. The van der Waals surface area contributed by atoms with Crippen LogP contribution >= 0.6 is 0 Å². The van der Waals surface area contributed by atoms with E-state index in [1.807, 2.05) is 65.4 Å². The van der Waals surface area contributed by atoms with E-state index >= 15 is 8.78 Å². The first kappa shape index (κ1) is 28.1. The summed E-state index contributed by atoms with van der Waals surface area (Å²) in [6.45, 7) is 8.88. The second-order valence-electron chi connectivity index (χ2n) is 9.18. The fourth-order valence-corrected chi connectivity index (χ4v) is 4.19. The van der Waals surface area contributed by atoms with E-state index in [2.05, 4.69) is 15.4 Å². The van der Waals surface area contributed by atoms with Gasteiger partial charge in [-0.25, -0.2) is 8.78 Å². The van der Waals surface area contributed by atoms with E-state index in [0.29, 0.717) is 13.1 Å². The van der Waals surface area contributed by atoms with Gasteiger partial charge in [0.25, 0.3) is 0 Å². The minimum Gasteiger partial charge on any atom is -0.493 e. The Bertz CT molecular complexity index is 1290. The van der Waals surface area contributed by atoms with Crippen LogP contribution in [-0.2, 0) is 7.05 Å². The Morgan fingerprint density at radius 1 is 1.05 bits per heavy atom. The smallest absolute Gasteiger partial charge is 0.191 e. The molecule has 1 aromatic carbocycles. The van der Waals surface area contributed by atoms with Gasteiger partial charge in [-0.2, -0.15) is 5.10 Å². The van der Waals surface area contributed by atoms with E-state index in [-0.39, 0.29) is 23.2 Å². The predicted octanol–water partition coefficient (Wildman–Crippen LogP) is 3.64. The highest BCUT2D eigenvalue weighted by Crippen LogP contribution is 2.38. The Morgan fingerprint density at radius 3 is 2.27 bits per heavy atom. The van der Waals surface area contributed by atoms with Crippen LogP contribution in [0.5, 0.6) is 11.5 Å². The first-order chi connectivity index (χ1) is 17.7. The van der Waals surface area contributed by atoms with Crippen LogP contribution in [-0.4, -0.2) is 54.2 Å². The highest BCUT2D eigenvalue weighted by Gasteiger charge is 2.27. The summed E-state index contributed by atoms with van der Waals surface area (Å²) in [7, 11) is 4.56. The number of ether oxygens (including phenoxy) is 2. The standard InChI is InChI=1S/C28H37F2N5O2/c1-8-9-23-20(13-21(15-32-23)22-16-33-34(5)17-22)12-19(4)35(11-10-31-18(2)3)28-26(29)24(36-6)14-25(37-7)27(28)30/h9,12-19,31H,8,10-11H2,1-7H3/b20-12-,23-9+. The van der Waals surface area contributed by atoms with Crippen molar-refractivity contribution in [2.45, 2.75) is 46.2 Å². The van der Waals surface area contributed by atoms with Crippen LogP contribution in [0.25, 0.3) is 23.3 Å². The van der Waals surface area contributed by atoms with E-state index in [1.54, 1.807) is 15.8 Å². The van der Waals surface area contributed by atoms with E-state index < -0.39 is 17.7 Å². The third kappa shape index (κ3) is 6.65. The summed E-state index contributed by atoms with van der Waals surface area (Å²) in [6, 6.07) is 3.08. The molecule has 37 heavy (non-hydrogen) atoms. The molecule has 0 amide bonds. The number of pyridine rings is 1. The number of nitrogens with zero attached hydrogens (tertiary/aromatic N) is 4. The van der Waals surface area contributed by atoms with Gasteiger partial charge < -0.3 is 19.7 Å². The van der Waals surface area contributed by atoms with Gasteiger partial charge in [0.05, 0.1) is 25.8 Å². The highest BCUT2D eigenvalue weighted by atomic mass is 19.1. The van der Waals surface area contributed by atoms with Gasteiger partial charge in [0.1, 0.15) is 5.69 Å². The summed E-state index contributed by atoms with van der Waals surface area (Å²) in [6.07, 6.45) is 10.3. The summed E-state index contributed by atoms with van der Waals surface area (Å²) in [5.41, 5.74) is 1.66. The van der Waals surface area contributed by atoms with Crippen molar-refractivity contribution in [3.05, 3.63) is 52.9 Å². The van der Waals surface area contributed by atoms with Gasteiger partial charge in [-0.1, -0.05) is 32.9 Å². The van der Waals surface area contributed by atoms with Crippen LogP contribution in [0.3, 0.4) is 0 Å². The van der Waals surface area contributed by atoms with Gasteiger partial charge in [0.2, 0.25) is 0 Å². The molecule has 0 aliphatic rings. The number of hydrogen-bond donors (Lipinski definition) is 1. The fourth-order valence-electron chi connectivity index (χ4n) is 4.19. The van der Waals surface area contributed by atoms with Crippen molar-refractivity contribution in [2.24, 2.45) is 7.05 Å². The van der Waals surface area contributed by atoms with E-state index in [4.69, 9.17) is 9.47 Å². The number of nitrogens with one attached hydrogen (secondary N) is 1. The number of methoxy groups -OCH3 is 2. The minimum absolute atomic E-state index is 0.0810. The summed E-state index contributed by atoms with van der Waals surface area (Å²) >= 11 is 0. The molecule has 0 saturated carbocycles. The molecule has 2 heterocycles. The molecule has 200 valence electrons. The first-order valence-electron chi connectivity index (χ1n) is 12.5. The Labute approximate surface area is 217 Å². The number of anilines is 1. The summed E-state index contributed by atoms with van der Waals surface area (Å²) in [5.74, 6) is -1.70. The van der Waals surface area contributed by atoms with Crippen molar-refractivity contribution in [1.82, 2.24) is 20.1 Å². The number of halogens is 2. The van der Waals surface area contributed by atoms with E-state index in [9.17, 15) is 0 Å². The highest BCUT2D eigenvalue weighted by molar-refractivity contribution is 5.63. The minimum atomic E-state index is -0.770. The van der Waals surface area contributed by atoms with Crippen molar-refractivity contribution in [1.29, 1.82) is 0 Å². The quantitative estimate of drug-likeness (QED) is 0.423. The molecule has 0 aliphatic carbocycles. The zero-order valence-electron chi connectivity index (χ0n) is 22.7. The molecule has 0 aliphatic heterocycles. The maximum absolute atomic E-state index is 15.5. The average Bonchev–Trinajstić information content (AvgIpc) is 3.30. The van der Waals surface area contributed by atoms with Crippen molar-refractivity contribution in [3.8, 4) is 22.6 Å². The molecule has 1 unspecified atom stereocenters. The molecule has 0 spiro atoms. The molecule has 1 N–H and O–H groups in total. The maximum atomic E-state index is 15.5. The van der Waals surface area contributed by atoms with Gasteiger partial charge in [-0.3, -0.25) is 9.67 Å². The van der Waals surface area contributed by atoms with Crippen molar-refractivity contribution >= 4 is 17.8 Å². The lowest BCUT2D eigenvalue weighted by atomic mass is 10.1. The molecule has 0 saturated heterocycles. The maximum Gasteiger partial charge on any atom is 0.191 e. The van der Waals surface area contributed by atoms with Crippen molar-refractivity contribution in [3.63, 3.8) is 0 Å². The molecule has 0 radical (unpaired) electrons. The molecule has 0 fully saturated rings. The lowest BCUT2D eigenvalue weighted by Crippen LogP contribution is -2.42. The largest absolute Gasteiger partial charge is 0.493 e. The van der Waals surface area contributed by atoms with Crippen LogP contribution in [0.2, 0.25) is 0 Å². The molecular formula is C28H37F2N5O2. The first-order valence-corrected chi connectivity index (χ1v) is 12.5. The van der Waals surface area contributed by atoms with Crippen LogP contribution in [0.1, 0.15) is 34.1 Å². The van der Waals surface area contributed by atoms with Crippen LogP contribution in [0.4, 0.5) is 14.5 Å². The Balaban J connectivity index is 2.17. The van der Waals surface area contributed by atoms with Crippen LogP contribution in [0.15, 0.2) is 30.7 Å². The lowest BCUT2D eigenvalue weighted by Gasteiger charge is -2.31. The van der Waals surface area contributed by atoms with Gasteiger partial charge in [0.15, 0.2) is 23.1 Å². The number of benzene rings is 1. The average molecular weight is 514 g/mol. The van der Waals surface area contributed by atoms with Crippen molar-refractivity contribution < 1.29 is 18.3 Å². The zero-order chi connectivity index (χ0) is 27.1. The Hall–Kier alpha value is -3.46. The number of aromatic nitrogens is 3. The summed E-state index contributed by atoms with van der Waals surface area (Å²) in [4.78, 5) is 6.36. The number of hydrogen-bond acceptors (Lipinski definition) is 6. The van der Waals surface area contributed by atoms with Gasteiger partial charge in [0, 0.05) is 61.8 Å². The molecular weight excluding hydrogens is 476 g/mol. The third-order valence-corrected chi connectivity index (χ3v) is 6.04. The number of rotatable bonds is 11. The second kappa shape index (κ2) is 12.7. The summed E-state index contributed by atoms with van der Waals surface area (Å²) in [5, 5.41) is 9.27. The fraction of sp³-hybridized carbons (Fsp3) is 0.429. The van der Waals surface area contributed by atoms with Crippen LogP contribution in [0, 0.1) is 11.6 Å². The monoisotopic (exact) mass is 513 g/mol. The van der Waals surface area contributed by atoms with Crippen molar-refractivity contribution in [2.75, 3.05) is 32.2 Å². The van der Waals surface area contributed by atoms with Gasteiger partial charge in [-0.05, 0) is 24.6 Å². The molecule has 3 rings (SSSR count). The molecule has 7 nitrogen and oxygen atoms in total. The van der Waals surface area contributed by atoms with E-state index in [0.717, 1.165) is 28.1 Å². The number of aryl methyl sites for hydroxylation is 1. The molecule has 9 heteroatoms. The topological polar surface area (TPSA) is 64.4 Å². The molecule has 1 atom stereocenters. The van der Waals surface area contributed by atoms with Gasteiger partial charge >= 0.3 is 0 Å². The van der Waals surface area contributed by atoms with Gasteiger partial charge in [-0.15, -0.1) is 0 Å². The lowest BCUT2D eigenvalue weighted by molar-refractivity contribution is 0.357. The Kier molecular flexibility index (Phi) is 9.63. The van der Waals surface area contributed by atoms with E-state index in [1.165, 1.54) is 20.3 Å². The molecule has 3 aromatic rings. The molecule has 0 bridgehead atoms. The SMILES string of the molecule is CC/C=c1/ncc(-c2cnn(C)c2)c/c1=C/C(C)N(CCNC(C)C)c1c(F)c(OC)cc(OC)c1F. The molecule has 2 aromatic heterocycles. The van der Waals surface area contributed by atoms with Crippen LogP contribution < -0.4 is 30.3 Å². The Morgan fingerprint density at radius 2 is 1.73 bits per heavy atom. The third-order valence-electron chi connectivity index (χ3n) is 6.04. The zero-order valence-corrected chi connectivity index (χ0v) is 22.7. The predicted molar refractivity (Wildman–Crippen MR) is 144 cm³/mol. The summed E-state index contributed by atoms with van der Waals surface area (Å²) < 4.78 is 43.2. The normalized spacial score (nSPS) is 13.4.